The second-order valence-electron chi connectivity index (χ2n) is 4.81. The molecule has 0 aromatic heterocycles. The van der Waals surface area contributed by atoms with E-state index in [4.69, 9.17) is 5.11 Å². The van der Waals surface area contributed by atoms with Gasteiger partial charge < -0.3 is 10.4 Å². The molecule has 1 amide bonds. The Hall–Kier alpha value is -1.27. The predicted molar refractivity (Wildman–Crippen MR) is 52.1 cm³/mol. The van der Waals surface area contributed by atoms with Crippen molar-refractivity contribution in [3.8, 4) is 0 Å². The van der Waals surface area contributed by atoms with Crippen LogP contribution in [0.2, 0.25) is 0 Å². The van der Waals surface area contributed by atoms with Crippen molar-refractivity contribution in [3.05, 3.63) is 0 Å². The standard InChI is InChI=1S/C10H14F3NO3/c1-9(2,8(16)17)6(5-3-4-5)14-7(15)10(11,12)13/h5-6H,3-4H2,1-2H3,(H,14,15)(H,16,17)/t6-/m0/s1. The molecule has 1 saturated carbocycles. The minimum Gasteiger partial charge on any atom is -0.481 e. The number of nitrogens with one attached hydrogen (secondary N) is 1. The summed E-state index contributed by atoms with van der Waals surface area (Å²) >= 11 is 0. The predicted octanol–water partition coefficient (Wildman–Crippen LogP) is 1.55. The molecule has 1 aliphatic carbocycles. The molecular formula is C10H14F3NO3. The molecule has 98 valence electrons. The zero-order valence-corrected chi connectivity index (χ0v) is 9.47. The zero-order valence-electron chi connectivity index (χ0n) is 9.47. The number of hydrogen-bond acceptors (Lipinski definition) is 2. The van der Waals surface area contributed by atoms with E-state index in [2.05, 4.69) is 0 Å². The molecule has 2 N–H and O–H groups in total. The van der Waals surface area contributed by atoms with Gasteiger partial charge in [-0.3, -0.25) is 9.59 Å². The minimum atomic E-state index is -4.98. The Kier molecular flexibility index (Phi) is 3.40. The van der Waals surface area contributed by atoms with Gasteiger partial charge in [0.15, 0.2) is 0 Å². The topological polar surface area (TPSA) is 66.4 Å². The van der Waals surface area contributed by atoms with Crippen molar-refractivity contribution in [2.45, 2.75) is 38.9 Å². The second kappa shape index (κ2) is 4.19. The van der Waals surface area contributed by atoms with E-state index in [1.165, 1.54) is 13.8 Å². The third kappa shape index (κ3) is 3.10. The van der Waals surface area contributed by atoms with Gasteiger partial charge >= 0.3 is 18.1 Å². The van der Waals surface area contributed by atoms with Gasteiger partial charge in [0.25, 0.3) is 0 Å². The molecule has 0 saturated heterocycles. The molecule has 1 aliphatic rings. The van der Waals surface area contributed by atoms with Crippen molar-refractivity contribution in [2.24, 2.45) is 11.3 Å². The fraction of sp³-hybridized carbons (Fsp3) is 0.800. The lowest BCUT2D eigenvalue weighted by molar-refractivity contribution is -0.176. The lowest BCUT2D eigenvalue weighted by Gasteiger charge is -2.31. The summed E-state index contributed by atoms with van der Waals surface area (Å²) in [5, 5.41) is 10.8. The Balaban J connectivity index is 2.81. The van der Waals surface area contributed by atoms with E-state index >= 15 is 0 Å². The molecular weight excluding hydrogens is 239 g/mol. The van der Waals surface area contributed by atoms with Gasteiger partial charge in [0, 0.05) is 6.04 Å². The first-order chi connectivity index (χ1) is 7.56. The number of alkyl halides is 3. The summed E-state index contributed by atoms with van der Waals surface area (Å²) in [6, 6.07) is -0.992. The van der Waals surface area contributed by atoms with E-state index in [0.29, 0.717) is 12.8 Å². The summed E-state index contributed by atoms with van der Waals surface area (Å²) in [4.78, 5) is 21.8. The summed E-state index contributed by atoms with van der Waals surface area (Å²) in [6.07, 6.45) is -3.71. The highest BCUT2D eigenvalue weighted by atomic mass is 19.4. The molecule has 0 radical (unpaired) electrons. The van der Waals surface area contributed by atoms with Gasteiger partial charge in [-0.2, -0.15) is 13.2 Å². The molecule has 4 nitrogen and oxygen atoms in total. The van der Waals surface area contributed by atoms with Gasteiger partial charge in [-0.15, -0.1) is 0 Å². The van der Waals surface area contributed by atoms with Crippen LogP contribution in [0.5, 0.6) is 0 Å². The van der Waals surface area contributed by atoms with Crippen molar-refractivity contribution in [1.82, 2.24) is 5.32 Å². The molecule has 0 heterocycles. The quantitative estimate of drug-likeness (QED) is 0.798. The van der Waals surface area contributed by atoms with Gasteiger partial charge in [-0.25, -0.2) is 0 Å². The van der Waals surface area contributed by atoms with Crippen molar-refractivity contribution in [3.63, 3.8) is 0 Å². The second-order valence-corrected chi connectivity index (χ2v) is 4.81. The Bertz CT molecular complexity index is 334. The number of hydrogen-bond donors (Lipinski definition) is 2. The van der Waals surface area contributed by atoms with Crippen LogP contribution >= 0.6 is 0 Å². The van der Waals surface area contributed by atoms with Gasteiger partial charge in [-0.05, 0) is 32.6 Å². The number of amides is 1. The van der Waals surface area contributed by atoms with E-state index < -0.39 is 29.5 Å². The number of carbonyl (C=O) groups is 2. The van der Waals surface area contributed by atoms with Crippen LogP contribution in [0.4, 0.5) is 13.2 Å². The molecule has 0 spiro atoms. The van der Waals surface area contributed by atoms with Crippen molar-refractivity contribution in [2.75, 3.05) is 0 Å². The van der Waals surface area contributed by atoms with Crippen LogP contribution in [0.3, 0.4) is 0 Å². The lowest BCUT2D eigenvalue weighted by Crippen LogP contribution is -2.53. The summed E-state index contributed by atoms with van der Waals surface area (Å²) in [5.74, 6) is -3.49. The molecule has 0 aromatic carbocycles. The molecule has 0 bridgehead atoms. The molecule has 17 heavy (non-hydrogen) atoms. The highest BCUT2D eigenvalue weighted by Gasteiger charge is 2.49. The first-order valence-electron chi connectivity index (χ1n) is 5.18. The van der Waals surface area contributed by atoms with E-state index in [9.17, 15) is 22.8 Å². The van der Waals surface area contributed by atoms with Gasteiger partial charge in [0.05, 0.1) is 5.41 Å². The summed E-state index contributed by atoms with van der Waals surface area (Å²) in [5.41, 5.74) is -1.41. The smallest absolute Gasteiger partial charge is 0.471 e. The van der Waals surface area contributed by atoms with E-state index in [1.54, 1.807) is 5.32 Å². The Morgan fingerprint density at radius 3 is 2.06 bits per heavy atom. The molecule has 0 aromatic rings. The number of halogens is 3. The molecule has 0 unspecified atom stereocenters. The number of aliphatic carboxylic acids is 1. The number of carboxylic acid groups (broad SMARTS) is 1. The molecule has 1 rings (SSSR count). The van der Waals surface area contributed by atoms with Crippen molar-refractivity contribution in [1.29, 1.82) is 0 Å². The van der Waals surface area contributed by atoms with Crippen LogP contribution in [0.15, 0.2) is 0 Å². The highest BCUT2D eigenvalue weighted by molar-refractivity contribution is 5.83. The molecule has 0 aliphatic heterocycles. The van der Waals surface area contributed by atoms with Crippen LogP contribution in [0.25, 0.3) is 0 Å². The Morgan fingerprint density at radius 2 is 1.76 bits per heavy atom. The molecule has 1 fully saturated rings. The van der Waals surface area contributed by atoms with Crippen LogP contribution < -0.4 is 5.32 Å². The largest absolute Gasteiger partial charge is 0.481 e. The molecule has 1 atom stereocenters. The lowest BCUT2D eigenvalue weighted by atomic mass is 9.81. The average molecular weight is 253 g/mol. The first-order valence-corrected chi connectivity index (χ1v) is 5.18. The Morgan fingerprint density at radius 1 is 1.29 bits per heavy atom. The van der Waals surface area contributed by atoms with Crippen molar-refractivity contribution >= 4 is 11.9 Å². The van der Waals surface area contributed by atoms with Gasteiger partial charge in [0.2, 0.25) is 0 Å². The van der Waals surface area contributed by atoms with Crippen LogP contribution in [0.1, 0.15) is 26.7 Å². The normalized spacial score (nSPS) is 18.6. The fourth-order valence-corrected chi connectivity index (χ4v) is 1.67. The number of carbonyl (C=O) groups excluding carboxylic acids is 1. The van der Waals surface area contributed by atoms with E-state index in [-0.39, 0.29) is 5.92 Å². The fourth-order valence-electron chi connectivity index (χ4n) is 1.67. The van der Waals surface area contributed by atoms with Crippen LogP contribution in [-0.2, 0) is 9.59 Å². The first kappa shape index (κ1) is 13.8. The SMILES string of the molecule is CC(C)(C(=O)O)[C@@H](NC(=O)C(F)(F)F)C1CC1. The van der Waals surface area contributed by atoms with Gasteiger partial charge in [0.1, 0.15) is 0 Å². The average Bonchev–Trinajstić information content (AvgIpc) is 2.94. The minimum absolute atomic E-state index is 0.188. The maximum Gasteiger partial charge on any atom is 0.471 e. The third-order valence-corrected chi connectivity index (χ3v) is 2.97. The van der Waals surface area contributed by atoms with Crippen molar-refractivity contribution < 1.29 is 27.9 Å². The monoisotopic (exact) mass is 253 g/mol. The molecule has 7 heteroatoms. The van der Waals surface area contributed by atoms with E-state index in [1.807, 2.05) is 0 Å². The van der Waals surface area contributed by atoms with Gasteiger partial charge in [-0.1, -0.05) is 0 Å². The number of carboxylic acids is 1. The Labute approximate surface area is 96.2 Å². The summed E-state index contributed by atoms with van der Waals surface area (Å²) in [6.45, 7) is 2.63. The number of rotatable bonds is 4. The maximum atomic E-state index is 12.1. The summed E-state index contributed by atoms with van der Waals surface area (Å²) in [7, 11) is 0. The zero-order chi connectivity index (χ0) is 13.4. The van der Waals surface area contributed by atoms with Crippen LogP contribution in [-0.4, -0.2) is 29.2 Å². The maximum absolute atomic E-state index is 12.1. The van der Waals surface area contributed by atoms with Crippen LogP contribution in [0, 0.1) is 11.3 Å². The van der Waals surface area contributed by atoms with E-state index in [0.717, 1.165) is 0 Å². The third-order valence-electron chi connectivity index (χ3n) is 2.97. The summed E-state index contributed by atoms with van der Waals surface area (Å²) < 4.78 is 36.4. The highest BCUT2D eigenvalue weighted by Crippen LogP contribution is 2.41.